The summed E-state index contributed by atoms with van der Waals surface area (Å²) in [5, 5.41) is 0. The van der Waals surface area contributed by atoms with Crippen molar-refractivity contribution in [3.8, 4) is 0 Å². The van der Waals surface area contributed by atoms with E-state index in [9.17, 15) is 0 Å². The van der Waals surface area contributed by atoms with Gasteiger partial charge >= 0.3 is 0 Å². The standard InChI is InChI=1S/C10H22N2O/c1-5-6-12(9(2)3)7-10(11)8-13-4/h5,9-10H,1,6-8,11H2,2-4H3. The first-order chi connectivity index (χ1) is 6.11. The summed E-state index contributed by atoms with van der Waals surface area (Å²) in [5.41, 5.74) is 5.85. The second-order valence-corrected chi connectivity index (χ2v) is 3.55. The van der Waals surface area contributed by atoms with Crippen molar-refractivity contribution in [1.82, 2.24) is 4.90 Å². The highest BCUT2D eigenvalue weighted by atomic mass is 16.5. The fraction of sp³-hybridized carbons (Fsp3) is 0.800. The molecule has 0 bridgehead atoms. The molecule has 3 nitrogen and oxygen atoms in total. The van der Waals surface area contributed by atoms with E-state index in [1.165, 1.54) is 0 Å². The van der Waals surface area contributed by atoms with Gasteiger partial charge in [-0.15, -0.1) is 6.58 Å². The Hall–Kier alpha value is -0.380. The van der Waals surface area contributed by atoms with E-state index in [1.807, 2.05) is 6.08 Å². The van der Waals surface area contributed by atoms with Crippen LogP contribution in [0.1, 0.15) is 13.8 Å². The normalized spacial score (nSPS) is 13.7. The third kappa shape index (κ3) is 5.80. The van der Waals surface area contributed by atoms with Crippen LogP contribution in [0.3, 0.4) is 0 Å². The summed E-state index contributed by atoms with van der Waals surface area (Å²) in [6, 6.07) is 0.591. The van der Waals surface area contributed by atoms with Crippen LogP contribution in [-0.2, 0) is 4.74 Å². The molecule has 0 aromatic carbocycles. The topological polar surface area (TPSA) is 38.5 Å². The maximum absolute atomic E-state index is 5.85. The van der Waals surface area contributed by atoms with Crippen LogP contribution in [0, 0.1) is 0 Å². The molecule has 3 heteroatoms. The van der Waals surface area contributed by atoms with Crippen LogP contribution in [0.15, 0.2) is 12.7 Å². The predicted molar refractivity (Wildman–Crippen MR) is 56.8 cm³/mol. The Labute approximate surface area is 81.5 Å². The zero-order valence-electron chi connectivity index (χ0n) is 8.99. The van der Waals surface area contributed by atoms with E-state index in [-0.39, 0.29) is 6.04 Å². The number of nitrogens with two attached hydrogens (primary N) is 1. The molecule has 0 radical (unpaired) electrons. The van der Waals surface area contributed by atoms with Gasteiger partial charge in [0.1, 0.15) is 0 Å². The molecule has 78 valence electrons. The lowest BCUT2D eigenvalue weighted by molar-refractivity contribution is 0.146. The summed E-state index contributed by atoms with van der Waals surface area (Å²) in [4.78, 5) is 2.27. The molecular formula is C10H22N2O. The van der Waals surface area contributed by atoms with Crippen LogP contribution in [0.2, 0.25) is 0 Å². The molecule has 0 aromatic rings. The van der Waals surface area contributed by atoms with E-state index < -0.39 is 0 Å². The molecule has 0 heterocycles. The highest BCUT2D eigenvalue weighted by Crippen LogP contribution is 1.99. The summed E-state index contributed by atoms with van der Waals surface area (Å²) < 4.78 is 4.98. The molecule has 0 saturated carbocycles. The molecule has 2 N–H and O–H groups in total. The number of ether oxygens (including phenoxy) is 1. The lowest BCUT2D eigenvalue weighted by Crippen LogP contribution is -2.43. The molecule has 0 rings (SSSR count). The van der Waals surface area contributed by atoms with Crippen molar-refractivity contribution >= 4 is 0 Å². The van der Waals surface area contributed by atoms with Gasteiger partial charge in [0, 0.05) is 32.3 Å². The molecule has 0 aromatic heterocycles. The van der Waals surface area contributed by atoms with Crippen LogP contribution >= 0.6 is 0 Å². The SMILES string of the molecule is C=CCN(CC(N)COC)C(C)C. The van der Waals surface area contributed by atoms with Crippen molar-refractivity contribution in [2.75, 3.05) is 26.8 Å². The Kier molecular flexibility index (Phi) is 6.86. The minimum atomic E-state index is 0.0901. The average molecular weight is 186 g/mol. The van der Waals surface area contributed by atoms with Crippen molar-refractivity contribution in [1.29, 1.82) is 0 Å². The first kappa shape index (κ1) is 12.6. The van der Waals surface area contributed by atoms with Gasteiger partial charge in [-0.05, 0) is 13.8 Å². The van der Waals surface area contributed by atoms with Gasteiger partial charge in [-0.25, -0.2) is 0 Å². The fourth-order valence-corrected chi connectivity index (χ4v) is 1.23. The predicted octanol–water partition coefficient (Wildman–Crippen LogP) is 0.857. The van der Waals surface area contributed by atoms with Crippen molar-refractivity contribution in [2.45, 2.75) is 25.9 Å². The minimum Gasteiger partial charge on any atom is -0.383 e. The van der Waals surface area contributed by atoms with E-state index in [1.54, 1.807) is 7.11 Å². The van der Waals surface area contributed by atoms with Crippen LogP contribution in [0.25, 0.3) is 0 Å². The molecule has 1 unspecified atom stereocenters. The molecule has 0 aliphatic carbocycles. The van der Waals surface area contributed by atoms with Gasteiger partial charge in [0.2, 0.25) is 0 Å². The Bertz CT molecular complexity index is 137. The monoisotopic (exact) mass is 186 g/mol. The number of nitrogens with zero attached hydrogens (tertiary/aromatic N) is 1. The van der Waals surface area contributed by atoms with Crippen LogP contribution < -0.4 is 5.73 Å². The zero-order chi connectivity index (χ0) is 10.3. The Balaban J connectivity index is 3.85. The summed E-state index contributed by atoms with van der Waals surface area (Å²) in [7, 11) is 1.67. The summed E-state index contributed by atoms with van der Waals surface area (Å²) in [6.07, 6.45) is 1.90. The first-order valence-electron chi connectivity index (χ1n) is 4.71. The molecule has 1 atom stereocenters. The number of methoxy groups -OCH3 is 1. The molecule has 0 spiro atoms. The molecule has 0 saturated heterocycles. The third-order valence-electron chi connectivity index (χ3n) is 1.94. The fourth-order valence-electron chi connectivity index (χ4n) is 1.23. The lowest BCUT2D eigenvalue weighted by atomic mass is 10.2. The van der Waals surface area contributed by atoms with Gasteiger partial charge in [-0.2, -0.15) is 0 Å². The van der Waals surface area contributed by atoms with Crippen LogP contribution in [0.4, 0.5) is 0 Å². The Morgan fingerprint density at radius 2 is 2.15 bits per heavy atom. The van der Waals surface area contributed by atoms with Crippen molar-refractivity contribution in [3.63, 3.8) is 0 Å². The zero-order valence-corrected chi connectivity index (χ0v) is 8.99. The molecule has 0 fully saturated rings. The third-order valence-corrected chi connectivity index (χ3v) is 1.94. The summed E-state index contributed by atoms with van der Waals surface area (Å²) in [6.45, 7) is 10.4. The maximum atomic E-state index is 5.85. The molecule has 0 aliphatic rings. The van der Waals surface area contributed by atoms with Crippen LogP contribution in [0.5, 0.6) is 0 Å². The van der Waals surface area contributed by atoms with Gasteiger partial charge in [0.15, 0.2) is 0 Å². The summed E-state index contributed by atoms with van der Waals surface area (Å²) >= 11 is 0. The van der Waals surface area contributed by atoms with E-state index in [0.717, 1.165) is 13.1 Å². The number of hydrogen-bond acceptors (Lipinski definition) is 3. The van der Waals surface area contributed by atoms with Crippen molar-refractivity contribution in [2.24, 2.45) is 5.73 Å². The Morgan fingerprint density at radius 3 is 2.54 bits per heavy atom. The van der Waals surface area contributed by atoms with E-state index in [0.29, 0.717) is 12.6 Å². The Morgan fingerprint density at radius 1 is 1.54 bits per heavy atom. The molecule has 0 amide bonds. The second kappa shape index (κ2) is 7.06. The van der Waals surface area contributed by atoms with Gasteiger partial charge in [0.25, 0.3) is 0 Å². The minimum absolute atomic E-state index is 0.0901. The number of rotatable bonds is 7. The average Bonchev–Trinajstić information content (AvgIpc) is 2.04. The maximum Gasteiger partial charge on any atom is 0.0626 e. The van der Waals surface area contributed by atoms with Crippen LogP contribution in [-0.4, -0.2) is 43.8 Å². The highest BCUT2D eigenvalue weighted by molar-refractivity contribution is 4.78. The molecule has 0 aliphatic heterocycles. The highest BCUT2D eigenvalue weighted by Gasteiger charge is 2.11. The van der Waals surface area contributed by atoms with E-state index in [2.05, 4.69) is 25.3 Å². The van der Waals surface area contributed by atoms with Gasteiger partial charge in [-0.3, -0.25) is 4.90 Å². The number of hydrogen-bond donors (Lipinski definition) is 1. The molecular weight excluding hydrogens is 164 g/mol. The lowest BCUT2D eigenvalue weighted by Gasteiger charge is -2.27. The van der Waals surface area contributed by atoms with E-state index >= 15 is 0 Å². The smallest absolute Gasteiger partial charge is 0.0626 e. The van der Waals surface area contributed by atoms with Crippen molar-refractivity contribution in [3.05, 3.63) is 12.7 Å². The summed E-state index contributed by atoms with van der Waals surface area (Å²) in [5.74, 6) is 0. The van der Waals surface area contributed by atoms with Gasteiger partial charge < -0.3 is 10.5 Å². The van der Waals surface area contributed by atoms with E-state index in [4.69, 9.17) is 10.5 Å². The molecule has 13 heavy (non-hydrogen) atoms. The second-order valence-electron chi connectivity index (χ2n) is 3.55. The first-order valence-corrected chi connectivity index (χ1v) is 4.71. The van der Waals surface area contributed by atoms with Crippen molar-refractivity contribution < 1.29 is 4.74 Å². The largest absolute Gasteiger partial charge is 0.383 e. The van der Waals surface area contributed by atoms with Gasteiger partial charge in [0.05, 0.1) is 6.61 Å². The van der Waals surface area contributed by atoms with Gasteiger partial charge in [-0.1, -0.05) is 6.08 Å². The quantitative estimate of drug-likeness (QED) is 0.599.